The van der Waals surface area contributed by atoms with Gasteiger partial charge in [-0.2, -0.15) is 0 Å². The quantitative estimate of drug-likeness (QED) is 0.838. The highest BCUT2D eigenvalue weighted by Gasteiger charge is 2.16. The smallest absolute Gasteiger partial charge is 0.224 e. The molecule has 1 aliphatic heterocycles. The number of amides is 1. The summed E-state index contributed by atoms with van der Waals surface area (Å²) >= 11 is 0. The van der Waals surface area contributed by atoms with Gasteiger partial charge in [0.05, 0.1) is 12.8 Å². The summed E-state index contributed by atoms with van der Waals surface area (Å²) < 4.78 is 5.20. The van der Waals surface area contributed by atoms with Crippen LogP contribution >= 0.6 is 0 Å². The Balaban J connectivity index is 1.82. The number of benzene rings is 1. The van der Waals surface area contributed by atoms with Crippen LogP contribution in [0, 0.1) is 5.92 Å². The van der Waals surface area contributed by atoms with E-state index in [1.807, 2.05) is 24.3 Å². The van der Waals surface area contributed by atoms with E-state index in [9.17, 15) is 4.79 Å². The Labute approximate surface area is 108 Å². The van der Waals surface area contributed by atoms with Crippen LogP contribution in [0.1, 0.15) is 19.3 Å². The Morgan fingerprint density at radius 3 is 3.06 bits per heavy atom. The lowest BCUT2D eigenvalue weighted by Crippen LogP contribution is -2.15. The van der Waals surface area contributed by atoms with Gasteiger partial charge in [0.25, 0.3) is 0 Å². The predicted molar refractivity (Wildman–Crippen MR) is 71.8 cm³/mol. The number of methoxy groups -OCH3 is 1. The summed E-state index contributed by atoms with van der Waals surface area (Å²) in [5.74, 6) is 1.41. The van der Waals surface area contributed by atoms with Crippen LogP contribution in [0.3, 0.4) is 0 Å². The second kappa shape index (κ2) is 6.40. The summed E-state index contributed by atoms with van der Waals surface area (Å²) in [6.45, 7) is 2.13. The average molecular weight is 248 g/mol. The molecule has 0 radical (unpaired) electrons. The van der Waals surface area contributed by atoms with E-state index in [1.165, 1.54) is 6.42 Å². The van der Waals surface area contributed by atoms with Crippen molar-refractivity contribution >= 4 is 11.6 Å². The zero-order valence-corrected chi connectivity index (χ0v) is 10.7. The monoisotopic (exact) mass is 248 g/mol. The van der Waals surface area contributed by atoms with Crippen molar-refractivity contribution in [3.05, 3.63) is 24.3 Å². The summed E-state index contributed by atoms with van der Waals surface area (Å²) in [6, 6.07) is 7.47. The number of rotatable bonds is 5. The Hall–Kier alpha value is -1.55. The lowest BCUT2D eigenvalue weighted by molar-refractivity contribution is -0.116. The molecular weight excluding hydrogens is 228 g/mol. The first-order valence-corrected chi connectivity index (χ1v) is 6.43. The molecule has 98 valence electrons. The van der Waals surface area contributed by atoms with E-state index in [-0.39, 0.29) is 5.91 Å². The minimum Gasteiger partial charge on any atom is -0.495 e. The minimum absolute atomic E-state index is 0.0615. The maximum absolute atomic E-state index is 11.9. The van der Waals surface area contributed by atoms with Crippen molar-refractivity contribution in [1.29, 1.82) is 0 Å². The van der Waals surface area contributed by atoms with Crippen molar-refractivity contribution in [3.8, 4) is 5.75 Å². The van der Waals surface area contributed by atoms with Gasteiger partial charge in [0, 0.05) is 6.42 Å². The molecule has 0 aliphatic carbocycles. The highest BCUT2D eigenvalue weighted by molar-refractivity contribution is 5.92. The molecule has 4 nitrogen and oxygen atoms in total. The summed E-state index contributed by atoms with van der Waals surface area (Å²) in [6.07, 6.45) is 2.71. The lowest BCUT2D eigenvalue weighted by atomic mass is 10.0. The van der Waals surface area contributed by atoms with Crippen molar-refractivity contribution in [1.82, 2.24) is 5.32 Å². The molecule has 0 aromatic heterocycles. The second-order valence-corrected chi connectivity index (χ2v) is 4.65. The van der Waals surface area contributed by atoms with Gasteiger partial charge in [0.15, 0.2) is 0 Å². The molecule has 0 bridgehead atoms. The van der Waals surface area contributed by atoms with Gasteiger partial charge < -0.3 is 15.4 Å². The molecule has 1 amide bonds. The molecule has 1 aromatic carbocycles. The van der Waals surface area contributed by atoms with Crippen LogP contribution in [0.2, 0.25) is 0 Å². The number of para-hydroxylation sites is 2. The number of anilines is 1. The SMILES string of the molecule is COc1ccccc1NC(=O)CCC1CCNC1. The van der Waals surface area contributed by atoms with Gasteiger partial charge in [-0.25, -0.2) is 0 Å². The topological polar surface area (TPSA) is 50.4 Å². The normalized spacial score (nSPS) is 18.6. The first kappa shape index (κ1) is 12.9. The van der Waals surface area contributed by atoms with Crippen molar-refractivity contribution in [2.24, 2.45) is 5.92 Å². The number of hydrogen-bond acceptors (Lipinski definition) is 3. The molecule has 1 aliphatic rings. The average Bonchev–Trinajstić information content (AvgIpc) is 2.90. The second-order valence-electron chi connectivity index (χ2n) is 4.65. The third-order valence-electron chi connectivity index (χ3n) is 3.32. The molecule has 4 heteroatoms. The van der Waals surface area contributed by atoms with Gasteiger partial charge in [0.2, 0.25) is 5.91 Å². The molecule has 1 saturated heterocycles. The van der Waals surface area contributed by atoms with E-state index in [2.05, 4.69) is 10.6 Å². The zero-order chi connectivity index (χ0) is 12.8. The van der Waals surface area contributed by atoms with E-state index < -0.39 is 0 Å². The van der Waals surface area contributed by atoms with Gasteiger partial charge in [0.1, 0.15) is 5.75 Å². The van der Waals surface area contributed by atoms with E-state index in [1.54, 1.807) is 7.11 Å². The highest BCUT2D eigenvalue weighted by Crippen LogP contribution is 2.23. The van der Waals surface area contributed by atoms with Crippen LogP contribution in [0.4, 0.5) is 5.69 Å². The van der Waals surface area contributed by atoms with Gasteiger partial charge in [-0.3, -0.25) is 4.79 Å². The maximum atomic E-state index is 11.9. The summed E-state index contributed by atoms with van der Waals surface area (Å²) in [5, 5.41) is 6.21. The minimum atomic E-state index is 0.0615. The van der Waals surface area contributed by atoms with E-state index >= 15 is 0 Å². The van der Waals surface area contributed by atoms with Crippen molar-refractivity contribution < 1.29 is 9.53 Å². The number of carbonyl (C=O) groups is 1. The third-order valence-corrected chi connectivity index (χ3v) is 3.32. The molecular formula is C14H20N2O2. The van der Waals surface area contributed by atoms with Crippen LogP contribution in [-0.2, 0) is 4.79 Å². The van der Waals surface area contributed by atoms with Gasteiger partial charge in [-0.1, -0.05) is 12.1 Å². The lowest BCUT2D eigenvalue weighted by Gasteiger charge is -2.11. The maximum Gasteiger partial charge on any atom is 0.224 e. The summed E-state index contributed by atoms with van der Waals surface area (Å²) in [7, 11) is 1.61. The fraction of sp³-hybridized carbons (Fsp3) is 0.500. The third kappa shape index (κ3) is 3.47. The molecule has 18 heavy (non-hydrogen) atoms. The Morgan fingerprint density at radius 2 is 2.33 bits per heavy atom. The number of ether oxygens (including phenoxy) is 1. The molecule has 1 fully saturated rings. The molecule has 1 heterocycles. The molecule has 1 unspecified atom stereocenters. The van der Waals surface area contributed by atoms with Crippen LogP contribution in [0.15, 0.2) is 24.3 Å². The highest BCUT2D eigenvalue weighted by atomic mass is 16.5. The Kier molecular flexibility index (Phi) is 4.59. The number of hydrogen-bond donors (Lipinski definition) is 2. The van der Waals surface area contributed by atoms with Crippen LogP contribution in [0.5, 0.6) is 5.75 Å². The molecule has 0 saturated carbocycles. The van der Waals surface area contributed by atoms with Gasteiger partial charge in [-0.15, -0.1) is 0 Å². The van der Waals surface area contributed by atoms with Crippen molar-refractivity contribution in [2.45, 2.75) is 19.3 Å². The fourth-order valence-electron chi connectivity index (χ4n) is 2.26. The van der Waals surface area contributed by atoms with Crippen LogP contribution in [-0.4, -0.2) is 26.1 Å². The first-order valence-electron chi connectivity index (χ1n) is 6.43. The molecule has 0 spiro atoms. The van der Waals surface area contributed by atoms with Crippen molar-refractivity contribution in [3.63, 3.8) is 0 Å². The molecule has 2 rings (SSSR count). The molecule has 2 N–H and O–H groups in total. The molecule has 1 aromatic rings. The molecule has 1 atom stereocenters. The Bertz CT molecular complexity index is 401. The largest absolute Gasteiger partial charge is 0.495 e. The van der Waals surface area contributed by atoms with Gasteiger partial charge >= 0.3 is 0 Å². The zero-order valence-electron chi connectivity index (χ0n) is 10.7. The van der Waals surface area contributed by atoms with E-state index in [0.717, 1.165) is 25.2 Å². The van der Waals surface area contributed by atoms with E-state index in [4.69, 9.17) is 4.74 Å². The summed E-state index contributed by atoms with van der Waals surface area (Å²) in [5.41, 5.74) is 0.745. The number of carbonyl (C=O) groups excluding carboxylic acids is 1. The number of nitrogens with one attached hydrogen (secondary N) is 2. The van der Waals surface area contributed by atoms with E-state index in [0.29, 0.717) is 18.1 Å². The van der Waals surface area contributed by atoms with Crippen LogP contribution < -0.4 is 15.4 Å². The fourth-order valence-corrected chi connectivity index (χ4v) is 2.26. The van der Waals surface area contributed by atoms with Crippen molar-refractivity contribution in [2.75, 3.05) is 25.5 Å². The Morgan fingerprint density at radius 1 is 1.50 bits per heavy atom. The standard InChI is InChI=1S/C14H20N2O2/c1-18-13-5-3-2-4-12(13)16-14(17)7-6-11-8-9-15-10-11/h2-5,11,15H,6-10H2,1H3,(H,16,17). The summed E-state index contributed by atoms with van der Waals surface area (Å²) in [4.78, 5) is 11.9. The van der Waals surface area contributed by atoms with Crippen LogP contribution in [0.25, 0.3) is 0 Å². The van der Waals surface area contributed by atoms with Gasteiger partial charge in [-0.05, 0) is 44.0 Å². The predicted octanol–water partition coefficient (Wildman–Crippen LogP) is 2.02. The first-order chi connectivity index (χ1) is 8.79.